The largest absolute Gasteiger partial charge is 0.507 e. The molecule has 0 aliphatic carbocycles. The summed E-state index contributed by atoms with van der Waals surface area (Å²) < 4.78 is 5.26. The van der Waals surface area contributed by atoms with Crippen molar-refractivity contribution in [3.8, 4) is 5.75 Å². The molecule has 126 valence electrons. The van der Waals surface area contributed by atoms with Gasteiger partial charge in [0.15, 0.2) is 0 Å². The van der Waals surface area contributed by atoms with E-state index in [1.54, 1.807) is 38.1 Å². The molecule has 0 bridgehead atoms. The predicted molar refractivity (Wildman–Crippen MR) is 93.3 cm³/mol. The average molecular weight is 317 g/mol. The fraction of sp³-hybridized carbons (Fsp3) is 0.421. The van der Waals surface area contributed by atoms with Gasteiger partial charge in [0.1, 0.15) is 11.5 Å². The molecule has 0 saturated heterocycles. The number of aliphatic hydroxyl groups excluding tert-OH is 1. The highest BCUT2D eigenvalue weighted by molar-refractivity contribution is 5.90. The molecule has 0 aliphatic rings. The van der Waals surface area contributed by atoms with Gasteiger partial charge in [-0.05, 0) is 53.2 Å². The third kappa shape index (κ3) is 5.81. The van der Waals surface area contributed by atoms with Gasteiger partial charge in [0.25, 0.3) is 0 Å². The van der Waals surface area contributed by atoms with Crippen molar-refractivity contribution in [2.45, 2.75) is 53.5 Å². The fourth-order valence-electron chi connectivity index (χ4n) is 2.09. The standard InChI is InChI=1S/C19H27NO3/c1-7-16(20-19(4,5)6)13(2)17(21)14(3)18(22)23-15-11-9-8-10-12-15/h8-12,20-21H,7H2,1-6H3/b16-13-,17-14-. The van der Waals surface area contributed by atoms with Crippen molar-refractivity contribution in [3.05, 3.63) is 52.9 Å². The first-order valence-corrected chi connectivity index (χ1v) is 7.81. The molecule has 1 aromatic carbocycles. The summed E-state index contributed by atoms with van der Waals surface area (Å²) >= 11 is 0. The molecule has 0 unspecified atom stereocenters. The molecule has 0 saturated carbocycles. The van der Waals surface area contributed by atoms with Crippen molar-refractivity contribution in [1.29, 1.82) is 0 Å². The van der Waals surface area contributed by atoms with E-state index in [1.807, 2.05) is 33.8 Å². The lowest BCUT2D eigenvalue weighted by Gasteiger charge is -2.25. The number of hydrogen-bond acceptors (Lipinski definition) is 4. The molecule has 0 radical (unpaired) electrons. The van der Waals surface area contributed by atoms with E-state index in [4.69, 9.17) is 4.74 Å². The van der Waals surface area contributed by atoms with E-state index in [0.717, 1.165) is 12.1 Å². The monoisotopic (exact) mass is 317 g/mol. The number of allylic oxidation sites excluding steroid dienone is 2. The van der Waals surface area contributed by atoms with Gasteiger partial charge in [-0.1, -0.05) is 25.1 Å². The fourth-order valence-corrected chi connectivity index (χ4v) is 2.09. The summed E-state index contributed by atoms with van der Waals surface area (Å²) in [5.41, 5.74) is 1.63. The second-order valence-corrected chi connectivity index (χ2v) is 6.51. The van der Waals surface area contributed by atoms with Crippen molar-refractivity contribution >= 4 is 5.97 Å². The van der Waals surface area contributed by atoms with Gasteiger partial charge in [0.2, 0.25) is 0 Å². The van der Waals surface area contributed by atoms with E-state index in [2.05, 4.69) is 5.32 Å². The van der Waals surface area contributed by atoms with E-state index < -0.39 is 5.97 Å². The molecule has 0 fully saturated rings. The summed E-state index contributed by atoms with van der Waals surface area (Å²) in [7, 11) is 0. The van der Waals surface area contributed by atoms with Gasteiger partial charge < -0.3 is 15.2 Å². The highest BCUT2D eigenvalue weighted by Crippen LogP contribution is 2.20. The molecule has 0 aliphatic heterocycles. The van der Waals surface area contributed by atoms with E-state index in [0.29, 0.717) is 11.3 Å². The first-order valence-electron chi connectivity index (χ1n) is 7.81. The van der Waals surface area contributed by atoms with E-state index in [1.165, 1.54) is 0 Å². The van der Waals surface area contributed by atoms with Crippen LogP contribution in [-0.4, -0.2) is 16.6 Å². The molecular weight excluding hydrogens is 290 g/mol. The van der Waals surface area contributed by atoms with E-state index >= 15 is 0 Å². The average Bonchev–Trinajstić information content (AvgIpc) is 2.50. The Kier molecular flexibility index (Phi) is 6.43. The third-order valence-electron chi connectivity index (χ3n) is 3.30. The third-order valence-corrected chi connectivity index (χ3v) is 3.30. The van der Waals surface area contributed by atoms with Crippen LogP contribution in [0.25, 0.3) is 0 Å². The number of benzene rings is 1. The lowest BCUT2D eigenvalue weighted by Crippen LogP contribution is -2.35. The minimum Gasteiger partial charge on any atom is -0.507 e. The number of nitrogens with one attached hydrogen (secondary N) is 1. The maximum absolute atomic E-state index is 12.2. The van der Waals surface area contributed by atoms with Gasteiger partial charge in [-0.25, -0.2) is 4.79 Å². The minimum atomic E-state index is -0.556. The Morgan fingerprint density at radius 3 is 2.17 bits per heavy atom. The summed E-state index contributed by atoms with van der Waals surface area (Å²) in [5.74, 6) is -0.145. The van der Waals surface area contributed by atoms with Gasteiger partial charge >= 0.3 is 5.97 Å². The van der Waals surface area contributed by atoms with E-state index in [9.17, 15) is 9.90 Å². The highest BCUT2D eigenvalue weighted by atomic mass is 16.5. The SMILES string of the molecule is CC/C(NC(C)(C)C)=C(C)/C(O)=C(\C)C(=O)Oc1ccccc1. The van der Waals surface area contributed by atoms with Gasteiger partial charge in [0.05, 0.1) is 5.57 Å². The van der Waals surface area contributed by atoms with Crippen molar-refractivity contribution in [2.24, 2.45) is 0 Å². The number of rotatable bonds is 5. The molecule has 0 spiro atoms. The van der Waals surface area contributed by atoms with Crippen LogP contribution in [-0.2, 0) is 4.79 Å². The van der Waals surface area contributed by atoms with Crippen LogP contribution in [0.5, 0.6) is 5.75 Å². The predicted octanol–water partition coefficient (Wildman–Crippen LogP) is 4.50. The molecule has 1 aromatic rings. The number of aliphatic hydroxyl groups is 1. The van der Waals surface area contributed by atoms with Gasteiger partial charge in [-0.2, -0.15) is 0 Å². The molecule has 0 aromatic heterocycles. The van der Waals surface area contributed by atoms with Gasteiger partial charge in [0, 0.05) is 16.8 Å². The minimum absolute atomic E-state index is 0.0421. The molecule has 0 heterocycles. The topological polar surface area (TPSA) is 58.6 Å². The van der Waals surface area contributed by atoms with Crippen molar-refractivity contribution in [1.82, 2.24) is 5.32 Å². The number of para-hydroxylation sites is 1. The Balaban J connectivity index is 3.04. The normalized spacial score (nSPS) is 13.8. The lowest BCUT2D eigenvalue weighted by molar-refractivity contribution is -0.130. The molecule has 0 amide bonds. The lowest BCUT2D eigenvalue weighted by atomic mass is 10.0. The van der Waals surface area contributed by atoms with Gasteiger partial charge in [-0.3, -0.25) is 0 Å². The molecule has 23 heavy (non-hydrogen) atoms. The summed E-state index contributed by atoms with van der Waals surface area (Å²) in [6, 6.07) is 8.81. The molecule has 4 heteroatoms. The molecule has 0 atom stereocenters. The van der Waals surface area contributed by atoms with E-state index in [-0.39, 0.29) is 16.9 Å². The van der Waals surface area contributed by atoms with Crippen LogP contribution in [0.3, 0.4) is 0 Å². The Labute approximate surface area is 138 Å². The van der Waals surface area contributed by atoms with Crippen molar-refractivity contribution in [3.63, 3.8) is 0 Å². The molecule has 2 N–H and O–H groups in total. The maximum atomic E-state index is 12.2. The Bertz CT molecular complexity index is 607. The Morgan fingerprint density at radius 2 is 1.70 bits per heavy atom. The van der Waals surface area contributed by atoms with Crippen LogP contribution >= 0.6 is 0 Å². The number of hydrogen-bond donors (Lipinski definition) is 2. The van der Waals surface area contributed by atoms with Crippen LogP contribution in [0.15, 0.2) is 52.9 Å². The van der Waals surface area contributed by atoms with Crippen LogP contribution in [0.2, 0.25) is 0 Å². The van der Waals surface area contributed by atoms with Crippen LogP contribution in [0.1, 0.15) is 48.0 Å². The molecule has 1 rings (SSSR count). The Morgan fingerprint density at radius 1 is 1.13 bits per heavy atom. The number of carbonyl (C=O) groups is 1. The van der Waals surface area contributed by atoms with Crippen LogP contribution < -0.4 is 10.1 Å². The van der Waals surface area contributed by atoms with Gasteiger partial charge in [-0.15, -0.1) is 0 Å². The number of carbonyl (C=O) groups excluding carboxylic acids is 1. The summed E-state index contributed by atoms with van der Waals surface area (Å²) in [6.07, 6.45) is 0.730. The zero-order valence-corrected chi connectivity index (χ0v) is 14.9. The van der Waals surface area contributed by atoms with Crippen LogP contribution in [0.4, 0.5) is 0 Å². The smallest absolute Gasteiger partial charge is 0.342 e. The first kappa shape index (κ1) is 18.8. The molecule has 4 nitrogen and oxygen atoms in total. The molecular formula is C19H27NO3. The second-order valence-electron chi connectivity index (χ2n) is 6.51. The van der Waals surface area contributed by atoms with Crippen LogP contribution in [0, 0.1) is 0 Å². The number of ether oxygens (including phenoxy) is 1. The maximum Gasteiger partial charge on any atom is 0.342 e. The number of esters is 1. The quantitative estimate of drug-likeness (QED) is 0.276. The first-order chi connectivity index (χ1) is 10.7. The summed E-state index contributed by atoms with van der Waals surface area (Å²) in [6.45, 7) is 11.5. The Hall–Kier alpha value is -2.23. The van der Waals surface area contributed by atoms with Crippen molar-refractivity contribution < 1.29 is 14.6 Å². The zero-order chi connectivity index (χ0) is 17.6. The summed E-state index contributed by atoms with van der Waals surface area (Å²) in [5, 5.41) is 13.8. The summed E-state index contributed by atoms with van der Waals surface area (Å²) in [4.78, 5) is 12.2. The zero-order valence-electron chi connectivity index (χ0n) is 14.9. The second kappa shape index (κ2) is 7.86. The van der Waals surface area contributed by atoms with Crippen molar-refractivity contribution in [2.75, 3.05) is 0 Å². The highest BCUT2D eigenvalue weighted by Gasteiger charge is 2.18.